The van der Waals surface area contributed by atoms with E-state index < -0.39 is 0 Å². The van der Waals surface area contributed by atoms with Crippen molar-refractivity contribution in [2.24, 2.45) is 11.8 Å². The van der Waals surface area contributed by atoms with Gasteiger partial charge < -0.3 is 15.4 Å². The first-order valence-electron chi connectivity index (χ1n) is 6.30. The molecule has 102 valence electrons. The lowest BCUT2D eigenvalue weighted by atomic mass is 10.2. The minimum atomic E-state index is -0.221. The van der Waals surface area contributed by atoms with Gasteiger partial charge >= 0.3 is 0 Å². The molecule has 1 aliphatic rings. The van der Waals surface area contributed by atoms with Gasteiger partial charge in [0.05, 0.1) is 0 Å². The molecule has 1 aromatic rings. The quantitative estimate of drug-likeness (QED) is 0.851. The molecule has 19 heavy (non-hydrogen) atoms. The summed E-state index contributed by atoms with van der Waals surface area (Å²) in [5, 5.41) is 5.55. The van der Waals surface area contributed by atoms with Gasteiger partial charge in [-0.25, -0.2) is 0 Å². The van der Waals surface area contributed by atoms with E-state index in [-0.39, 0.29) is 24.3 Å². The summed E-state index contributed by atoms with van der Waals surface area (Å²) in [6.45, 7) is 2.07. The van der Waals surface area contributed by atoms with E-state index in [1.165, 1.54) is 7.11 Å². The van der Waals surface area contributed by atoms with Crippen molar-refractivity contribution in [3.05, 3.63) is 24.3 Å². The van der Waals surface area contributed by atoms with Crippen molar-refractivity contribution < 1.29 is 14.3 Å². The molecule has 0 heterocycles. The first kappa shape index (κ1) is 13.5. The molecule has 1 fully saturated rings. The SMILES string of the molecule is COCC(=O)Nc1cccc(NC(=O)C2CC2C)c1. The lowest BCUT2D eigenvalue weighted by molar-refractivity contribution is -0.119. The molecule has 0 bridgehead atoms. The molecule has 2 N–H and O–H groups in total. The molecule has 0 aliphatic heterocycles. The van der Waals surface area contributed by atoms with Crippen LogP contribution in [0.2, 0.25) is 0 Å². The molecule has 5 nitrogen and oxygen atoms in total. The second-order valence-corrected chi connectivity index (χ2v) is 4.87. The van der Waals surface area contributed by atoms with Crippen LogP contribution in [0, 0.1) is 11.8 Å². The predicted octanol–water partition coefficient (Wildman–Crippen LogP) is 1.87. The van der Waals surface area contributed by atoms with E-state index >= 15 is 0 Å². The zero-order valence-electron chi connectivity index (χ0n) is 11.1. The molecule has 2 atom stereocenters. The Balaban J connectivity index is 1.95. The minimum absolute atomic E-state index is 0.0101. The molecular weight excluding hydrogens is 244 g/mol. The molecule has 0 saturated heterocycles. The highest BCUT2D eigenvalue weighted by Crippen LogP contribution is 2.38. The number of carbonyl (C=O) groups excluding carboxylic acids is 2. The molecule has 0 radical (unpaired) electrons. The smallest absolute Gasteiger partial charge is 0.250 e. The Labute approximate surface area is 112 Å². The summed E-state index contributed by atoms with van der Waals surface area (Å²) in [7, 11) is 1.47. The van der Waals surface area contributed by atoms with Crippen molar-refractivity contribution in [1.29, 1.82) is 0 Å². The first-order valence-corrected chi connectivity index (χ1v) is 6.30. The Morgan fingerprint density at radius 1 is 1.32 bits per heavy atom. The summed E-state index contributed by atoms with van der Waals surface area (Å²) in [6.07, 6.45) is 0.954. The normalized spacial score (nSPS) is 20.7. The van der Waals surface area contributed by atoms with Gasteiger partial charge in [-0.15, -0.1) is 0 Å². The third kappa shape index (κ3) is 3.79. The fourth-order valence-electron chi connectivity index (χ4n) is 1.93. The molecule has 2 unspecified atom stereocenters. The van der Waals surface area contributed by atoms with Crippen LogP contribution in [0.25, 0.3) is 0 Å². The van der Waals surface area contributed by atoms with E-state index in [9.17, 15) is 9.59 Å². The van der Waals surface area contributed by atoms with Gasteiger partial charge in [0.2, 0.25) is 11.8 Å². The third-order valence-electron chi connectivity index (χ3n) is 3.14. The van der Waals surface area contributed by atoms with Gasteiger partial charge in [0, 0.05) is 24.4 Å². The minimum Gasteiger partial charge on any atom is -0.375 e. The molecule has 1 aliphatic carbocycles. The average Bonchev–Trinajstić information content (AvgIpc) is 3.07. The van der Waals surface area contributed by atoms with E-state index in [0.717, 1.165) is 6.42 Å². The second-order valence-electron chi connectivity index (χ2n) is 4.87. The zero-order chi connectivity index (χ0) is 13.8. The van der Waals surface area contributed by atoms with Crippen molar-refractivity contribution in [2.45, 2.75) is 13.3 Å². The summed E-state index contributed by atoms with van der Waals surface area (Å²) < 4.78 is 4.74. The van der Waals surface area contributed by atoms with Gasteiger partial charge in [0.25, 0.3) is 0 Å². The highest BCUT2D eigenvalue weighted by Gasteiger charge is 2.39. The fraction of sp³-hybridized carbons (Fsp3) is 0.429. The number of hydrogen-bond acceptors (Lipinski definition) is 3. The average molecular weight is 262 g/mol. The lowest BCUT2D eigenvalue weighted by Crippen LogP contribution is -2.18. The first-order chi connectivity index (χ1) is 9.10. The molecule has 1 saturated carbocycles. The number of benzene rings is 1. The predicted molar refractivity (Wildman–Crippen MR) is 72.8 cm³/mol. The highest BCUT2D eigenvalue weighted by molar-refractivity contribution is 5.96. The number of anilines is 2. The van der Waals surface area contributed by atoms with Crippen molar-refractivity contribution in [3.63, 3.8) is 0 Å². The Bertz CT molecular complexity index is 487. The molecule has 2 amide bonds. The molecular formula is C14H18N2O3. The van der Waals surface area contributed by atoms with Crippen LogP contribution in [0.15, 0.2) is 24.3 Å². The maximum Gasteiger partial charge on any atom is 0.250 e. The Kier molecular flexibility index (Phi) is 4.16. The van der Waals surface area contributed by atoms with Crippen LogP contribution in [0.5, 0.6) is 0 Å². The maximum atomic E-state index is 11.8. The Morgan fingerprint density at radius 3 is 2.53 bits per heavy atom. The van der Waals surface area contributed by atoms with E-state index in [1.54, 1.807) is 24.3 Å². The molecule has 1 aromatic carbocycles. The van der Waals surface area contributed by atoms with Crippen LogP contribution in [0.4, 0.5) is 11.4 Å². The molecule has 5 heteroatoms. The van der Waals surface area contributed by atoms with Gasteiger partial charge in [-0.05, 0) is 30.5 Å². The maximum absolute atomic E-state index is 11.8. The van der Waals surface area contributed by atoms with Crippen LogP contribution in [0.3, 0.4) is 0 Å². The molecule has 2 rings (SSSR count). The van der Waals surface area contributed by atoms with Crippen LogP contribution in [0.1, 0.15) is 13.3 Å². The van der Waals surface area contributed by atoms with Crippen LogP contribution < -0.4 is 10.6 Å². The summed E-state index contributed by atoms with van der Waals surface area (Å²) in [5.74, 6) is 0.436. The lowest BCUT2D eigenvalue weighted by Gasteiger charge is -2.08. The van der Waals surface area contributed by atoms with Crippen LogP contribution in [-0.2, 0) is 14.3 Å². The van der Waals surface area contributed by atoms with Crippen LogP contribution >= 0.6 is 0 Å². The topological polar surface area (TPSA) is 67.4 Å². The van der Waals surface area contributed by atoms with Gasteiger partial charge in [0.15, 0.2) is 0 Å². The number of hydrogen-bond donors (Lipinski definition) is 2. The molecule has 0 spiro atoms. The molecule has 0 aromatic heterocycles. The van der Waals surface area contributed by atoms with Crippen LogP contribution in [-0.4, -0.2) is 25.5 Å². The van der Waals surface area contributed by atoms with E-state index in [2.05, 4.69) is 17.6 Å². The van der Waals surface area contributed by atoms with E-state index in [0.29, 0.717) is 17.3 Å². The van der Waals surface area contributed by atoms with Gasteiger partial charge in [-0.2, -0.15) is 0 Å². The van der Waals surface area contributed by atoms with Gasteiger partial charge in [-0.3, -0.25) is 9.59 Å². The number of ether oxygens (including phenoxy) is 1. The van der Waals surface area contributed by atoms with Crippen molar-refractivity contribution >= 4 is 23.2 Å². The third-order valence-corrected chi connectivity index (χ3v) is 3.14. The highest BCUT2D eigenvalue weighted by atomic mass is 16.5. The second kappa shape index (κ2) is 5.84. The number of nitrogens with one attached hydrogen (secondary N) is 2. The number of amides is 2. The Hall–Kier alpha value is -1.88. The summed E-state index contributed by atoms with van der Waals surface area (Å²) >= 11 is 0. The summed E-state index contributed by atoms with van der Waals surface area (Å²) in [4.78, 5) is 23.2. The number of carbonyl (C=O) groups is 2. The van der Waals surface area contributed by atoms with E-state index in [1.807, 2.05) is 0 Å². The Morgan fingerprint density at radius 2 is 1.95 bits per heavy atom. The number of rotatable bonds is 5. The van der Waals surface area contributed by atoms with Crippen molar-refractivity contribution in [2.75, 3.05) is 24.4 Å². The largest absolute Gasteiger partial charge is 0.375 e. The standard InChI is InChI=1S/C14H18N2O3/c1-9-6-12(9)14(18)16-11-5-3-4-10(7-11)15-13(17)8-19-2/h3-5,7,9,12H,6,8H2,1-2H3,(H,15,17)(H,16,18). The summed E-state index contributed by atoms with van der Waals surface area (Å²) in [5.41, 5.74) is 1.34. The fourth-order valence-corrected chi connectivity index (χ4v) is 1.93. The summed E-state index contributed by atoms with van der Waals surface area (Å²) in [6, 6.07) is 7.09. The number of methoxy groups -OCH3 is 1. The van der Waals surface area contributed by atoms with Gasteiger partial charge in [0.1, 0.15) is 6.61 Å². The zero-order valence-corrected chi connectivity index (χ0v) is 11.1. The van der Waals surface area contributed by atoms with Crippen molar-refractivity contribution in [3.8, 4) is 0 Å². The van der Waals surface area contributed by atoms with Gasteiger partial charge in [-0.1, -0.05) is 13.0 Å². The monoisotopic (exact) mass is 262 g/mol. The van der Waals surface area contributed by atoms with Crippen molar-refractivity contribution in [1.82, 2.24) is 0 Å². The van der Waals surface area contributed by atoms with E-state index in [4.69, 9.17) is 4.74 Å².